The van der Waals surface area contributed by atoms with Gasteiger partial charge in [-0.2, -0.15) is 0 Å². The van der Waals surface area contributed by atoms with Gasteiger partial charge in [0.15, 0.2) is 0 Å². The Labute approximate surface area is 171 Å². The van der Waals surface area contributed by atoms with E-state index in [9.17, 15) is 0 Å². The van der Waals surface area contributed by atoms with Crippen LogP contribution in [0.3, 0.4) is 0 Å². The lowest BCUT2D eigenvalue weighted by Crippen LogP contribution is -1.83. The van der Waals surface area contributed by atoms with Crippen molar-refractivity contribution >= 4 is 70.2 Å². The molecule has 0 radical (unpaired) electrons. The molecule has 130 valence electrons. The van der Waals surface area contributed by atoms with Crippen LogP contribution in [-0.2, 0) is 0 Å². The highest BCUT2D eigenvalue weighted by atomic mass is 35.5. The SMILES string of the molecule is Clc1ccc(C=Nc2ccc(N=Cc3ccc(Cl)cc3Cl)cc2)c(Cl)c1. The standard InChI is InChI=1S/C20H12Cl4N2/c21-15-3-1-13(19(23)9-15)11-25-17-5-7-18(8-6-17)26-12-14-2-4-16(22)10-20(14)24/h1-12H. The molecule has 0 aliphatic rings. The van der Waals surface area contributed by atoms with E-state index in [1.165, 1.54) is 0 Å². The fraction of sp³-hybridized carbons (Fsp3) is 0. The van der Waals surface area contributed by atoms with E-state index in [2.05, 4.69) is 9.98 Å². The van der Waals surface area contributed by atoms with Gasteiger partial charge in [0.05, 0.1) is 21.4 Å². The molecule has 0 saturated carbocycles. The predicted octanol–water partition coefficient (Wildman–Crippen LogP) is 7.80. The van der Waals surface area contributed by atoms with E-state index < -0.39 is 0 Å². The molecule has 6 heteroatoms. The zero-order valence-corrected chi connectivity index (χ0v) is 16.4. The summed E-state index contributed by atoms with van der Waals surface area (Å²) >= 11 is 24.0. The third kappa shape index (κ3) is 5.09. The maximum absolute atomic E-state index is 6.13. The number of hydrogen-bond acceptors (Lipinski definition) is 2. The van der Waals surface area contributed by atoms with Gasteiger partial charge in [0.2, 0.25) is 0 Å². The zero-order chi connectivity index (χ0) is 18.5. The van der Waals surface area contributed by atoms with Crippen molar-refractivity contribution in [3.63, 3.8) is 0 Å². The first-order valence-corrected chi connectivity index (χ1v) is 9.11. The first-order chi connectivity index (χ1) is 12.5. The Morgan fingerprint density at radius 1 is 0.538 bits per heavy atom. The van der Waals surface area contributed by atoms with Crippen molar-refractivity contribution < 1.29 is 0 Å². The summed E-state index contributed by atoms with van der Waals surface area (Å²) in [6.07, 6.45) is 3.40. The lowest BCUT2D eigenvalue weighted by molar-refractivity contribution is 1.48. The third-order valence-electron chi connectivity index (χ3n) is 3.48. The monoisotopic (exact) mass is 420 g/mol. The van der Waals surface area contributed by atoms with Crippen LogP contribution in [0.1, 0.15) is 11.1 Å². The van der Waals surface area contributed by atoms with Crippen LogP contribution in [0.5, 0.6) is 0 Å². The van der Waals surface area contributed by atoms with Gasteiger partial charge in [-0.15, -0.1) is 0 Å². The highest BCUT2D eigenvalue weighted by molar-refractivity contribution is 6.36. The largest absolute Gasteiger partial charge is 0.256 e. The minimum Gasteiger partial charge on any atom is -0.256 e. The molecular weight excluding hydrogens is 410 g/mol. The first kappa shape index (κ1) is 18.9. The fourth-order valence-electron chi connectivity index (χ4n) is 2.13. The molecule has 2 nitrogen and oxygen atoms in total. The summed E-state index contributed by atoms with van der Waals surface area (Å²) in [6.45, 7) is 0. The molecule has 3 rings (SSSR count). The topological polar surface area (TPSA) is 24.7 Å². The highest BCUT2D eigenvalue weighted by Crippen LogP contribution is 2.23. The molecule has 0 amide bonds. The van der Waals surface area contributed by atoms with Crippen LogP contribution in [0.15, 0.2) is 70.6 Å². The molecule has 0 saturated heterocycles. The summed E-state index contributed by atoms with van der Waals surface area (Å²) in [5.41, 5.74) is 3.19. The molecular formula is C20H12Cl4N2. The lowest BCUT2D eigenvalue weighted by Gasteiger charge is -2.00. The average molecular weight is 422 g/mol. The van der Waals surface area contributed by atoms with E-state index in [1.54, 1.807) is 36.7 Å². The first-order valence-electron chi connectivity index (χ1n) is 7.59. The molecule has 3 aromatic carbocycles. The zero-order valence-electron chi connectivity index (χ0n) is 13.3. The number of halogens is 4. The molecule has 0 unspecified atom stereocenters. The minimum atomic E-state index is 0.558. The Kier molecular flexibility index (Phi) is 6.33. The molecule has 0 aliphatic heterocycles. The van der Waals surface area contributed by atoms with Crippen LogP contribution in [0.25, 0.3) is 0 Å². The second-order valence-corrected chi connectivity index (χ2v) is 7.05. The summed E-state index contributed by atoms with van der Waals surface area (Å²) in [6, 6.07) is 18.0. The lowest BCUT2D eigenvalue weighted by atomic mass is 10.2. The number of aliphatic imine (C=N–C) groups is 2. The van der Waals surface area contributed by atoms with Crippen LogP contribution in [0.4, 0.5) is 11.4 Å². The minimum absolute atomic E-state index is 0.558. The van der Waals surface area contributed by atoms with Crippen molar-refractivity contribution in [2.75, 3.05) is 0 Å². The molecule has 0 aromatic heterocycles. The highest BCUT2D eigenvalue weighted by Gasteiger charge is 2.00. The van der Waals surface area contributed by atoms with E-state index in [0.29, 0.717) is 20.1 Å². The van der Waals surface area contributed by atoms with Crippen LogP contribution in [0, 0.1) is 0 Å². The smallest absolute Gasteiger partial charge is 0.0631 e. The second-order valence-electron chi connectivity index (χ2n) is 5.36. The Morgan fingerprint density at radius 3 is 1.27 bits per heavy atom. The van der Waals surface area contributed by atoms with Crippen LogP contribution in [0.2, 0.25) is 20.1 Å². The van der Waals surface area contributed by atoms with Crippen LogP contribution in [-0.4, -0.2) is 12.4 Å². The van der Waals surface area contributed by atoms with Crippen molar-refractivity contribution in [1.82, 2.24) is 0 Å². The molecule has 0 N–H and O–H groups in total. The van der Waals surface area contributed by atoms with Gasteiger partial charge in [-0.25, -0.2) is 0 Å². The van der Waals surface area contributed by atoms with E-state index in [0.717, 1.165) is 22.5 Å². The van der Waals surface area contributed by atoms with Gasteiger partial charge in [-0.05, 0) is 48.5 Å². The molecule has 0 bridgehead atoms. The molecule has 0 heterocycles. The number of benzene rings is 3. The normalized spacial score (nSPS) is 11.5. The molecule has 0 spiro atoms. The molecule has 0 aliphatic carbocycles. The van der Waals surface area contributed by atoms with Crippen LogP contribution >= 0.6 is 46.4 Å². The Balaban J connectivity index is 1.72. The van der Waals surface area contributed by atoms with Gasteiger partial charge in [-0.1, -0.05) is 58.5 Å². The summed E-state index contributed by atoms with van der Waals surface area (Å²) in [4.78, 5) is 8.82. The summed E-state index contributed by atoms with van der Waals surface area (Å²) in [5.74, 6) is 0. The van der Waals surface area contributed by atoms with Crippen molar-refractivity contribution in [3.8, 4) is 0 Å². The molecule has 3 aromatic rings. The van der Waals surface area contributed by atoms with E-state index in [-0.39, 0.29) is 0 Å². The number of nitrogens with zero attached hydrogens (tertiary/aromatic N) is 2. The maximum Gasteiger partial charge on any atom is 0.0631 e. The molecule has 0 fully saturated rings. The number of rotatable bonds is 4. The van der Waals surface area contributed by atoms with Gasteiger partial charge in [0, 0.05) is 33.6 Å². The maximum atomic E-state index is 6.13. The Bertz CT molecular complexity index is 899. The average Bonchev–Trinajstić information content (AvgIpc) is 2.61. The Hall–Kier alpha value is -1.84. The van der Waals surface area contributed by atoms with Crippen LogP contribution < -0.4 is 0 Å². The van der Waals surface area contributed by atoms with E-state index in [4.69, 9.17) is 46.4 Å². The van der Waals surface area contributed by atoms with Crippen molar-refractivity contribution in [2.24, 2.45) is 9.98 Å². The van der Waals surface area contributed by atoms with Gasteiger partial charge >= 0.3 is 0 Å². The van der Waals surface area contributed by atoms with E-state index >= 15 is 0 Å². The molecule has 0 atom stereocenters. The van der Waals surface area contributed by atoms with Gasteiger partial charge in [0.1, 0.15) is 0 Å². The second kappa shape index (κ2) is 8.70. The summed E-state index contributed by atoms with van der Waals surface area (Å²) in [5, 5.41) is 2.30. The van der Waals surface area contributed by atoms with E-state index in [1.807, 2.05) is 36.4 Å². The number of hydrogen-bond donors (Lipinski definition) is 0. The van der Waals surface area contributed by atoms with Gasteiger partial charge < -0.3 is 0 Å². The summed E-state index contributed by atoms with van der Waals surface area (Å²) in [7, 11) is 0. The van der Waals surface area contributed by atoms with Crippen molar-refractivity contribution in [3.05, 3.63) is 91.9 Å². The predicted molar refractivity (Wildman–Crippen MR) is 114 cm³/mol. The molecule has 26 heavy (non-hydrogen) atoms. The quantitative estimate of drug-likeness (QED) is 0.384. The Morgan fingerprint density at radius 2 is 0.923 bits per heavy atom. The van der Waals surface area contributed by atoms with Gasteiger partial charge in [-0.3, -0.25) is 9.98 Å². The summed E-state index contributed by atoms with van der Waals surface area (Å²) < 4.78 is 0. The van der Waals surface area contributed by atoms with Crippen molar-refractivity contribution in [2.45, 2.75) is 0 Å². The van der Waals surface area contributed by atoms with Gasteiger partial charge in [0.25, 0.3) is 0 Å². The third-order valence-corrected chi connectivity index (χ3v) is 4.60. The fourth-order valence-corrected chi connectivity index (χ4v) is 3.04. The van der Waals surface area contributed by atoms with Crippen molar-refractivity contribution in [1.29, 1.82) is 0 Å².